The predicted octanol–water partition coefficient (Wildman–Crippen LogP) is 5.49. The van der Waals surface area contributed by atoms with Crippen LogP contribution in [0.1, 0.15) is 38.8 Å². The molecule has 0 aliphatic heterocycles. The third-order valence-electron chi connectivity index (χ3n) is 5.18. The van der Waals surface area contributed by atoms with Gasteiger partial charge in [0.2, 0.25) is 0 Å². The van der Waals surface area contributed by atoms with E-state index >= 15 is 0 Å². The lowest BCUT2D eigenvalue weighted by Crippen LogP contribution is -2.40. The SMILES string of the molecule is CCOc1ccc(N(C(=O)COc2ccc(C)cc2C(C)(C)C)S(=O)(=O)c2ccccc2)cc1. The zero-order valence-electron chi connectivity index (χ0n) is 20.2. The Kier molecular flexibility index (Phi) is 7.67. The van der Waals surface area contributed by atoms with Gasteiger partial charge in [-0.1, -0.05) is 56.7 Å². The lowest BCUT2D eigenvalue weighted by Gasteiger charge is -2.25. The highest BCUT2D eigenvalue weighted by Gasteiger charge is 2.32. The standard InChI is InChI=1S/C27H31NO5S/c1-6-32-22-15-13-21(14-16-22)28(34(30,31)23-10-8-7-9-11-23)26(29)19-33-25-17-12-20(2)18-24(25)27(3,4)5/h7-18H,6,19H2,1-5H3. The number of hydrogen-bond donors (Lipinski definition) is 0. The van der Waals surface area contributed by atoms with Crippen molar-refractivity contribution in [3.05, 3.63) is 83.9 Å². The summed E-state index contributed by atoms with van der Waals surface area (Å²) in [4.78, 5) is 13.4. The number of ether oxygens (including phenoxy) is 2. The van der Waals surface area contributed by atoms with E-state index in [0.29, 0.717) is 18.1 Å². The summed E-state index contributed by atoms with van der Waals surface area (Å²) in [5.74, 6) is 0.435. The molecular weight excluding hydrogens is 450 g/mol. The lowest BCUT2D eigenvalue weighted by atomic mass is 9.85. The number of benzene rings is 3. The Bertz CT molecular complexity index is 1230. The minimum absolute atomic E-state index is 0.0166. The molecule has 0 heterocycles. The fourth-order valence-electron chi connectivity index (χ4n) is 3.51. The van der Waals surface area contributed by atoms with Crippen molar-refractivity contribution in [2.24, 2.45) is 0 Å². The molecule has 3 rings (SSSR count). The number of carbonyl (C=O) groups excluding carboxylic acids is 1. The molecule has 0 aliphatic carbocycles. The number of carbonyl (C=O) groups is 1. The first kappa shape index (κ1) is 25.3. The summed E-state index contributed by atoms with van der Waals surface area (Å²) in [7, 11) is -4.17. The van der Waals surface area contributed by atoms with Gasteiger partial charge in [-0.15, -0.1) is 0 Å². The zero-order chi connectivity index (χ0) is 24.9. The zero-order valence-corrected chi connectivity index (χ0v) is 21.1. The van der Waals surface area contributed by atoms with E-state index in [1.807, 2.05) is 32.0 Å². The topological polar surface area (TPSA) is 72.9 Å². The third-order valence-corrected chi connectivity index (χ3v) is 6.95. The van der Waals surface area contributed by atoms with E-state index in [0.717, 1.165) is 15.4 Å². The van der Waals surface area contributed by atoms with Gasteiger partial charge in [-0.3, -0.25) is 4.79 Å². The van der Waals surface area contributed by atoms with Crippen LogP contribution in [0.25, 0.3) is 0 Å². The number of amides is 1. The van der Waals surface area contributed by atoms with Crippen molar-refractivity contribution in [3.63, 3.8) is 0 Å². The van der Waals surface area contributed by atoms with Crippen LogP contribution in [0.5, 0.6) is 11.5 Å². The van der Waals surface area contributed by atoms with Gasteiger partial charge in [0.15, 0.2) is 6.61 Å². The Balaban J connectivity index is 1.96. The van der Waals surface area contributed by atoms with Crippen molar-refractivity contribution < 1.29 is 22.7 Å². The van der Waals surface area contributed by atoms with Crippen molar-refractivity contribution in [1.82, 2.24) is 0 Å². The molecule has 0 atom stereocenters. The van der Waals surface area contributed by atoms with Gasteiger partial charge >= 0.3 is 0 Å². The van der Waals surface area contributed by atoms with E-state index < -0.39 is 22.5 Å². The Labute approximate surface area is 202 Å². The van der Waals surface area contributed by atoms with E-state index in [-0.39, 0.29) is 16.0 Å². The van der Waals surface area contributed by atoms with E-state index in [1.165, 1.54) is 12.1 Å². The summed E-state index contributed by atoms with van der Waals surface area (Å²) in [6.07, 6.45) is 0. The largest absolute Gasteiger partial charge is 0.494 e. The van der Waals surface area contributed by atoms with Crippen LogP contribution in [-0.2, 0) is 20.2 Å². The number of hydrogen-bond acceptors (Lipinski definition) is 5. The molecule has 0 saturated carbocycles. The monoisotopic (exact) mass is 481 g/mol. The Morgan fingerprint density at radius 3 is 2.15 bits per heavy atom. The maximum atomic E-state index is 13.5. The van der Waals surface area contributed by atoms with Crippen LogP contribution in [0.15, 0.2) is 77.7 Å². The highest BCUT2D eigenvalue weighted by molar-refractivity contribution is 7.93. The number of rotatable bonds is 8. The molecule has 0 spiro atoms. The van der Waals surface area contributed by atoms with Gasteiger partial charge in [0, 0.05) is 0 Å². The van der Waals surface area contributed by atoms with E-state index in [9.17, 15) is 13.2 Å². The van der Waals surface area contributed by atoms with Crippen molar-refractivity contribution >= 4 is 21.6 Å². The second-order valence-corrected chi connectivity index (χ2v) is 10.7. The number of nitrogens with zero attached hydrogens (tertiary/aromatic N) is 1. The quantitative estimate of drug-likeness (QED) is 0.425. The Morgan fingerprint density at radius 2 is 1.56 bits per heavy atom. The summed E-state index contributed by atoms with van der Waals surface area (Å²) in [6, 6.07) is 20.0. The van der Waals surface area contributed by atoms with Gasteiger partial charge in [0.25, 0.3) is 15.9 Å². The van der Waals surface area contributed by atoms with Gasteiger partial charge in [0.05, 0.1) is 17.2 Å². The maximum absolute atomic E-state index is 13.5. The molecule has 34 heavy (non-hydrogen) atoms. The fourth-order valence-corrected chi connectivity index (χ4v) is 4.94. The molecule has 0 fully saturated rings. The predicted molar refractivity (Wildman–Crippen MR) is 134 cm³/mol. The summed E-state index contributed by atoms with van der Waals surface area (Å²) in [6.45, 7) is 10.1. The van der Waals surface area contributed by atoms with Crippen LogP contribution in [0.4, 0.5) is 5.69 Å². The molecule has 0 radical (unpaired) electrons. The first-order valence-electron chi connectivity index (χ1n) is 11.1. The van der Waals surface area contributed by atoms with Crippen molar-refractivity contribution in [3.8, 4) is 11.5 Å². The number of anilines is 1. The molecule has 3 aromatic rings. The smallest absolute Gasteiger partial charge is 0.278 e. The van der Waals surface area contributed by atoms with Gasteiger partial charge in [-0.25, -0.2) is 8.42 Å². The molecule has 0 N–H and O–H groups in total. The molecule has 1 amide bonds. The van der Waals surface area contributed by atoms with E-state index in [4.69, 9.17) is 9.47 Å². The molecule has 6 nitrogen and oxygen atoms in total. The first-order valence-corrected chi connectivity index (χ1v) is 12.6. The molecule has 0 unspecified atom stereocenters. The highest BCUT2D eigenvalue weighted by Crippen LogP contribution is 2.33. The summed E-state index contributed by atoms with van der Waals surface area (Å²) in [5.41, 5.74) is 2.01. The van der Waals surface area contributed by atoms with Crippen LogP contribution in [-0.4, -0.2) is 27.5 Å². The first-order chi connectivity index (χ1) is 16.0. The van der Waals surface area contributed by atoms with Gasteiger partial charge in [-0.2, -0.15) is 4.31 Å². The summed E-state index contributed by atoms with van der Waals surface area (Å²) < 4.78 is 39.1. The molecule has 0 saturated heterocycles. The fraction of sp³-hybridized carbons (Fsp3) is 0.296. The average molecular weight is 482 g/mol. The van der Waals surface area contributed by atoms with Crippen LogP contribution in [0.3, 0.4) is 0 Å². The third kappa shape index (κ3) is 5.78. The molecule has 180 valence electrons. The van der Waals surface area contributed by atoms with Crippen LogP contribution in [0, 0.1) is 6.92 Å². The van der Waals surface area contributed by atoms with E-state index in [1.54, 1.807) is 42.5 Å². The molecular formula is C27H31NO5S. The maximum Gasteiger partial charge on any atom is 0.278 e. The van der Waals surface area contributed by atoms with Crippen molar-refractivity contribution in [2.75, 3.05) is 17.5 Å². The number of aryl methyl sites for hydroxylation is 1. The van der Waals surface area contributed by atoms with Gasteiger partial charge < -0.3 is 9.47 Å². The van der Waals surface area contributed by atoms with Gasteiger partial charge in [0.1, 0.15) is 11.5 Å². The second-order valence-electron chi connectivity index (χ2n) is 8.94. The summed E-state index contributed by atoms with van der Waals surface area (Å²) in [5, 5.41) is 0. The molecule has 0 bridgehead atoms. The minimum atomic E-state index is -4.17. The van der Waals surface area contributed by atoms with Crippen LogP contribution in [0.2, 0.25) is 0 Å². The highest BCUT2D eigenvalue weighted by atomic mass is 32.2. The summed E-state index contributed by atoms with van der Waals surface area (Å²) >= 11 is 0. The Morgan fingerprint density at radius 1 is 0.912 bits per heavy atom. The van der Waals surface area contributed by atoms with E-state index in [2.05, 4.69) is 20.8 Å². The minimum Gasteiger partial charge on any atom is -0.494 e. The van der Waals surface area contributed by atoms with Crippen LogP contribution >= 0.6 is 0 Å². The Hall–Kier alpha value is -3.32. The van der Waals surface area contributed by atoms with Crippen LogP contribution < -0.4 is 13.8 Å². The van der Waals surface area contributed by atoms with Crippen molar-refractivity contribution in [2.45, 2.75) is 44.9 Å². The van der Waals surface area contributed by atoms with Gasteiger partial charge in [-0.05, 0) is 67.3 Å². The van der Waals surface area contributed by atoms with Crippen molar-refractivity contribution in [1.29, 1.82) is 0 Å². The molecule has 0 aliphatic rings. The molecule has 3 aromatic carbocycles. The average Bonchev–Trinajstić information content (AvgIpc) is 2.79. The lowest BCUT2D eigenvalue weighted by molar-refractivity contribution is -0.119. The second kappa shape index (κ2) is 10.3. The normalized spacial score (nSPS) is 11.7. The molecule has 0 aromatic heterocycles. The molecule has 7 heteroatoms. The number of sulfonamides is 1.